The molecule has 0 amide bonds. The smallest absolute Gasteiger partial charge is 0.0755 e. The Morgan fingerprint density at radius 3 is 3.00 bits per heavy atom. The highest BCUT2D eigenvalue weighted by atomic mass is 16.5. The molecule has 1 N–H and O–H groups in total. The highest BCUT2D eigenvalue weighted by molar-refractivity contribution is 5.93. The molecule has 0 spiro atoms. The Balaban J connectivity index is 1.95. The minimum atomic E-state index is 0.654. The van der Waals surface area contributed by atoms with Gasteiger partial charge >= 0.3 is 0 Å². The van der Waals surface area contributed by atoms with Gasteiger partial charge in [0.2, 0.25) is 0 Å². The number of para-hydroxylation sites is 1. The summed E-state index contributed by atoms with van der Waals surface area (Å²) in [6, 6.07) is 9.05. The van der Waals surface area contributed by atoms with Gasteiger partial charge in [-0.2, -0.15) is 0 Å². The molecule has 1 aliphatic heterocycles. The lowest BCUT2D eigenvalue weighted by atomic mass is 10.0. The van der Waals surface area contributed by atoms with Gasteiger partial charge in [-0.05, 0) is 18.9 Å². The summed E-state index contributed by atoms with van der Waals surface area (Å²) < 4.78 is 5.61. The third kappa shape index (κ3) is 1.66. The van der Waals surface area contributed by atoms with E-state index in [9.17, 15) is 0 Å². The number of anilines is 1. The molecular formula is C15H16N2O. The molecule has 0 bridgehead atoms. The molecule has 2 aliphatic rings. The van der Waals surface area contributed by atoms with E-state index in [1.165, 1.54) is 35.2 Å². The molecule has 0 saturated heterocycles. The van der Waals surface area contributed by atoms with Crippen LogP contribution in [0.15, 0.2) is 24.3 Å². The van der Waals surface area contributed by atoms with E-state index < -0.39 is 0 Å². The second-order valence-corrected chi connectivity index (χ2v) is 5.15. The topological polar surface area (TPSA) is 34.2 Å². The van der Waals surface area contributed by atoms with Gasteiger partial charge in [0.15, 0.2) is 0 Å². The fourth-order valence-corrected chi connectivity index (χ4v) is 2.60. The number of nitrogens with one attached hydrogen (secondary N) is 1. The average molecular weight is 240 g/mol. The Morgan fingerprint density at radius 2 is 2.11 bits per heavy atom. The molecular weight excluding hydrogens is 224 g/mol. The number of ether oxygens (including phenoxy) is 1. The zero-order chi connectivity index (χ0) is 11.9. The maximum Gasteiger partial charge on any atom is 0.0755 e. The molecule has 2 aromatic rings. The molecule has 2 heterocycles. The number of aromatic nitrogens is 1. The number of hydrogen-bond donors (Lipinski definition) is 1. The maximum absolute atomic E-state index is 5.61. The normalized spacial score (nSPS) is 18.7. The van der Waals surface area contributed by atoms with Crippen molar-refractivity contribution in [2.24, 2.45) is 0 Å². The van der Waals surface area contributed by atoms with Crippen molar-refractivity contribution in [3.8, 4) is 0 Å². The van der Waals surface area contributed by atoms with Crippen LogP contribution in [-0.2, 0) is 17.8 Å². The molecule has 0 unspecified atom stereocenters. The summed E-state index contributed by atoms with van der Waals surface area (Å²) in [6.45, 7) is 1.49. The van der Waals surface area contributed by atoms with Crippen molar-refractivity contribution in [2.45, 2.75) is 31.9 Å². The van der Waals surface area contributed by atoms with Gasteiger partial charge in [-0.25, -0.2) is 0 Å². The summed E-state index contributed by atoms with van der Waals surface area (Å²) in [5, 5.41) is 4.90. The number of benzene rings is 1. The molecule has 3 nitrogen and oxygen atoms in total. The van der Waals surface area contributed by atoms with Crippen molar-refractivity contribution >= 4 is 16.6 Å². The van der Waals surface area contributed by atoms with Crippen LogP contribution in [0.2, 0.25) is 0 Å². The van der Waals surface area contributed by atoms with Crippen molar-refractivity contribution in [1.82, 2.24) is 4.98 Å². The number of nitrogens with zero attached hydrogens (tertiary/aromatic N) is 1. The van der Waals surface area contributed by atoms with Crippen LogP contribution < -0.4 is 5.32 Å². The molecule has 1 aromatic carbocycles. The van der Waals surface area contributed by atoms with Crippen molar-refractivity contribution in [3.05, 3.63) is 35.5 Å². The van der Waals surface area contributed by atoms with E-state index in [-0.39, 0.29) is 0 Å². The van der Waals surface area contributed by atoms with E-state index in [0.717, 1.165) is 18.5 Å². The lowest BCUT2D eigenvalue weighted by Crippen LogP contribution is -2.16. The second-order valence-electron chi connectivity index (χ2n) is 5.15. The largest absolute Gasteiger partial charge is 0.381 e. The van der Waals surface area contributed by atoms with Gasteiger partial charge < -0.3 is 10.1 Å². The van der Waals surface area contributed by atoms with Gasteiger partial charge in [-0.15, -0.1) is 0 Å². The minimum absolute atomic E-state index is 0.654. The summed E-state index contributed by atoms with van der Waals surface area (Å²) in [6.07, 6.45) is 3.50. The SMILES string of the molecule is c1ccc2c(NC3CC3)c3c(nc2c1)CCOC3. The van der Waals surface area contributed by atoms with Gasteiger partial charge in [0.05, 0.1) is 30.1 Å². The van der Waals surface area contributed by atoms with E-state index in [1.807, 2.05) is 0 Å². The van der Waals surface area contributed by atoms with Gasteiger partial charge in [0.1, 0.15) is 0 Å². The van der Waals surface area contributed by atoms with E-state index >= 15 is 0 Å². The molecule has 4 rings (SSSR count). The molecule has 18 heavy (non-hydrogen) atoms. The summed E-state index contributed by atoms with van der Waals surface area (Å²) in [5.74, 6) is 0. The first kappa shape index (κ1) is 10.3. The third-order valence-electron chi connectivity index (χ3n) is 3.73. The third-order valence-corrected chi connectivity index (χ3v) is 3.73. The second kappa shape index (κ2) is 3.95. The Hall–Kier alpha value is -1.61. The van der Waals surface area contributed by atoms with Crippen molar-refractivity contribution in [1.29, 1.82) is 0 Å². The van der Waals surface area contributed by atoms with Gasteiger partial charge in [0, 0.05) is 23.4 Å². The zero-order valence-electron chi connectivity index (χ0n) is 10.3. The average Bonchev–Trinajstić information content (AvgIpc) is 3.22. The molecule has 0 atom stereocenters. The Bertz CT molecular complexity index is 605. The van der Waals surface area contributed by atoms with Crippen molar-refractivity contribution in [3.63, 3.8) is 0 Å². The number of pyridine rings is 1. The van der Waals surface area contributed by atoms with Crippen LogP contribution in [0.1, 0.15) is 24.1 Å². The van der Waals surface area contributed by atoms with E-state index in [1.54, 1.807) is 0 Å². The van der Waals surface area contributed by atoms with Crippen LogP contribution >= 0.6 is 0 Å². The van der Waals surface area contributed by atoms with Gasteiger partial charge in [-0.3, -0.25) is 4.98 Å². The van der Waals surface area contributed by atoms with Crippen LogP contribution in [0, 0.1) is 0 Å². The minimum Gasteiger partial charge on any atom is -0.381 e. The Morgan fingerprint density at radius 1 is 1.22 bits per heavy atom. The van der Waals surface area contributed by atoms with E-state index in [0.29, 0.717) is 12.6 Å². The quantitative estimate of drug-likeness (QED) is 0.876. The van der Waals surface area contributed by atoms with Crippen LogP contribution in [0.5, 0.6) is 0 Å². The van der Waals surface area contributed by atoms with E-state index in [4.69, 9.17) is 9.72 Å². The Kier molecular flexibility index (Phi) is 2.27. The monoisotopic (exact) mass is 240 g/mol. The molecule has 1 aliphatic carbocycles. The standard InChI is InChI=1S/C15H16N2O/c1-2-4-13-11(3-1)15(16-10-5-6-10)12-9-18-8-7-14(12)17-13/h1-4,10H,5-9H2,(H,16,17). The summed E-state index contributed by atoms with van der Waals surface area (Å²) in [5.41, 5.74) is 4.84. The molecule has 1 aromatic heterocycles. The lowest BCUT2D eigenvalue weighted by molar-refractivity contribution is 0.110. The number of hydrogen-bond acceptors (Lipinski definition) is 3. The first-order valence-corrected chi connectivity index (χ1v) is 6.66. The van der Waals surface area contributed by atoms with Crippen LogP contribution in [0.25, 0.3) is 10.9 Å². The summed E-state index contributed by atoms with van der Waals surface area (Å²) >= 11 is 0. The Labute approximate surface area is 106 Å². The molecule has 3 heteroatoms. The lowest BCUT2D eigenvalue weighted by Gasteiger charge is -2.21. The van der Waals surface area contributed by atoms with Crippen molar-refractivity contribution < 1.29 is 4.74 Å². The summed E-state index contributed by atoms with van der Waals surface area (Å²) in [4.78, 5) is 4.78. The first-order chi connectivity index (χ1) is 8.92. The van der Waals surface area contributed by atoms with Gasteiger partial charge in [0.25, 0.3) is 0 Å². The zero-order valence-corrected chi connectivity index (χ0v) is 10.3. The van der Waals surface area contributed by atoms with Crippen LogP contribution in [-0.4, -0.2) is 17.6 Å². The first-order valence-electron chi connectivity index (χ1n) is 6.66. The number of fused-ring (bicyclic) bond motifs is 2. The fourth-order valence-electron chi connectivity index (χ4n) is 2.60. The van der Waals surface area contributed by atoms with Crippen LogP contribution in [0.4, 0.5) is 5.69 Å². The number of rotatable bonds is 2. The molecule has 0 radical (unpaired) electrons. The van der Waals surface area contributed by atoms with Crippen molar-refractivity contribution in [2.75, 3.05) is 11.9 Å². The maximum atomic E-state index is 5.61. The molecule has 92 valence electrons. The fraction of sp³-hybridized carbons (Fsp3) is 0.400. The predicted octanol–water partition coefficient (Wildman–Crippen LogP) is 2.88. The predicted molar refractivity (Wildman–Crippen MR) is 71.7 cm³/mol. The molecule has 1 fully saturated rings. The van der Waals surface area contributed by atoms with Gasteiger partial charge in [-0.1, -0.05) is 18.2 Å². The van der Waals surface area contributed by atoms with E-state index in [2.05, 4.69) is 29.6 Å². The highest BCUT2D eigenvalue weighted by Gasteiger charge is 2.25. The summed E-state index contributed by atoms with van der Waals surface area (Å²) in [7, 11) is 0. The highest BCUT2D eigenvalue weighted by Crippen LogP contribution is 2.35. The van der Waals surface area contributed by atoms with Crippen LogP contribution in [0.3, 0.4) is 0 Å². The molecule has 1 saturated carbocycles.